The van der Waals surface area contributed by atoms with Gasteiger partial charge >= 0.3 is 0 Å². The van der Waals surface area contributed by atoms with E-state index >= 15 is 0 Å². The van der Waals surface area contributed by atoms with Gasteiger partial charge in [0, 0.05) is 6.04 Å². The topological polar surface area (TPSA) is 49.4 Å². The normalized spacial score (nSPS) is 38.5. The highest BCUT2D eigenvalue weighted by atomic mass is 16.2. The third kappa shape index (κ3) is 2.33. The first-order valence-corrected chi connectivity index (χ1v) is 7.96. The molecule has 1 saturated carbocycles. The second-order valence-corrected chi connectivity index (χ2v) is 7.05. The second-order valence-electron chi connectivity index (χ2n) is 7.05. The zero-order chi connectivity index (χ0) is 15.1. The van der Waals surface area contributed by atoms with E-state index in [2.05, 4.69) is 12.2 Å². The van der Waals surface area contributed by atoms with Gasteiger partial charge in [0.2, 0.25) is 11.8 Å². The fraction of sp³-hybridized carbons (Fsp3) is 0.875. The molecule has 0 aromatic heterocycles. The Morgan fingerprint density at radius 3 is 2.45 bits per heavy atom. The van der Waals surface area contributed by atoms with Gasteiger partial charge in [-0.2, -0.15) is 0 Å². The summed E-state index contributed by atoms with van der Waals surface area (Å²) in [6.07, 6.45) is 3.98. The van der Waals surface area contributed by atoms with Gasteiger partial charge in [-0.15, -0.1) is 0 Å². The maximum Gasteiger partial charge on any atom is 0.248 e. The van der Waals surface area contributed by atoms with Crippen LogP contribution >= 0.6 is 0 Å². The van der Waals surface area contributed by atoms with Crippen LogP contribution in [0.3, 0.4) is 0 Å². The molecule has 2 rings (SSSR count). The Labute approximate surface area is 122 Å². The fourth-order valence-corrected chi connectivity index (χ4v) is 3.70. The van der Waals surface area contributed by atoms with Crippen molar-refractivity contribution in [2.75, 3.05) is 0 Å². The van der Waals surface area contributed by atoms with E-state index in [1.54, 1.807) is 0 Å². The molecule has 0 spiro atoms. The number of nitrogens with one attached hydrogen (secondary N) is 1. The van der Waals surface area contributed by atoms with Crippen molar-refractivity contribution in [1.82, 2.24) is 10.2 Å². The number of amides is 2. The minimum Gasteiger partial charge on any atom is -0.340 e. The Kier molecular flexibility index (Phi) is 4.12. The molecule has 1 aliphatic heterocycles. The third-order valence-electron chi connectivity index (χ3n) is 5.19. The van der Waals surface area contributed by atoms with E-state index in [4.69, 9.17) is 0 Å². The quantitative estimate of drug-likeness (QED) is 0.862. The number of rotatable bonds is 3. The van der Waals surface area contributed by atoms with E-state index in [1.807, 2.05) is 32.6 Å². The van der Waals surface area contributed by atoms with Gasteiger partial charge in [-0.1, -0.05) is 34.1 Å². The lowest BCUT2D eigenvalue weighted by atomic mass is 9.86. The van der Waals surface area contributed by atoms with E-state index in [0.717, 1.165) is 19.3 Å². The Bertz CT molecular complexity index is 407. The summed E-state index contributed by atoms with van der Waals surface area (Å²) < 4.78 is 0. The van der Waals surface area contributed by atoms with Crippen molar-refractivity contribution in [2.45, 2.75) is 77.9 Å². The molecular weight excluding hydrogens is 252 g/mol. The molecular formula is C16H28N2O2. The van der Waals surface area contributed by atoms with Crippen LogP contribution in [0.1, 0.15) is 60.3 Å². The zero-order valence-electron chi connectivity index (χ0n) is 13.4. The van der Waals surface area contributed by atoms with Gasteiger partial charge in [-0.05, 0) is 38.0 Å². The van der Waals surface area contributed by atoms with Crippen molar-refractivity contribution >= 4 is 11.8 Å². The molecule has 2 fully saturated rings. The highest BCUT2D eigenvalue weighted by Gasteiger charge is 2.51. The summed E-state index contributed by atoms with van der Waals surface area (Å²) in [7, 11) is 0. The summed E-state index contributed by atoms with van der Waals surface area (Å²) >= 11 is 0. The van der Waals surface area contributed by atoms with Gasteiger partial charge in [-0.3, -0.25) is 9.59 Å². The molecule has 4 atom stereocenters. The highest BCUT2D eigenvalue weighted by Crippen LogP contribution is 2.36. The largest absolute Gasteiger partial charge is 0.340 e. The molecule has 0 radical (unpaired) electrons. The van der Waals surface area contributed by atoms with Crippen LogP contribution in [0.5, 0.6) is 0 Å². The van der Waals surface area contributed by atoms with Crippen molar-refractivity contribution < 1.29 is 9.59 Å². The molecule has 20 heavy (non-hydrogen) atoms. The minimum absolute atomic E-state index is 0.0167. The summed E-state index contributed by atoms with van der Waals surface area (Å²) in [6.45, 7) is 10.1. The Morgan fingerprint density at radius 2 is 2.00 bits per heavy atom. The number of piperazine rings is 1. The van der Waals surface area contributed by atoms with Gasteiger partial charge in [0.15, 0.2) is 0 Å². The van der Waals surface area contributed by atoms with Crippen molar-refractivity contribution in [3.05, 3.63) is 0 Å². The molecule has 2 aliphatic rings. The van der Waals surface area contributed by atoms with Crippen LogP contribution in [0, 0.1) is 11.8 Å². The van der Waals surface area contributed by atoms with Crippen LogP contribution in [0.2, 0.25) is 0 Å². The van der Waals surface area contributed by atoms with Crippen LogP contribution < -0.4 is 5.32 Å². The number of nitrogens with zero attached hydrogens (tertiary/aromatic N) is 1. The van der Waals surface area contributed by atoms with Gasteiger partial charge in [0.05, 0.1) is 0 Å². The molecule has 114 valence electrons. The SMILES string of the molecule is CCC1(C)NC(=O)C(C(C)C)N(C2CCCC2C)C1=O. The average molecular weight is 280 g/mol. The van der Waals surface area contributed by atoms with Crippen molar-refractivity contribution in [1.29, 1.82) is 0 Å². The molecule has 1 heterocycles. The summed E-state index contributed by atoms with van der Waals surface area (Å²) in [5, 5.41) is 2.96. The third-order valence-corrected chi connectivity index (χ3v) is 5.19. The summed E-state index contributed by atoms with van der Waals surface area (Å²) in [4.78, 5) is 27.4. The molecule has 1 saturated heterocycles. The lowest BCUT2D eigenvalue weighted by molar-refractivity contribution is -0.160. The molecule has 4 unspecified atom stereocenters. The average Bonchev–Trinajstić information content (AvgIpc) is 2.79. The maximum absolute atomic E-state index is 13.0. The number of hydrogen-bond donors (Lipinski definition) is 1. The van der Waals surface area contributed by atoms with Crippen molar-refractivity contribution in [3.63, 3.8) is 0 Å². The molecule has 0 aromatic rings. The maximum atomic E-state index is 13.0. The van der Waals surface area contributed by atoms with E-state index in [1.165, 1.54) is 0 Å². The molecule has 0 aromatic carbocycles. The molecule has 0 bridgehead atoms. The summed E-state index contributed by atoms with van der Waals surface area (Å²) in [6, 6.07) is -0.0838. The smallest absolute Gasteiger partial charge is 0.248 e. The van der Waals surface area contributed by atoms with Crippen molar-refractivity contribution in [2.24, 2.45) is 11.8 Å². The first kappa shape index (κ1) is 15.3. The zero-order valence-corrected chi connectivity index (χ0v) is 13.4. The number of hydrogen-bond acceptors (Lipinski definition) is 2. The van der Waals surface area contributed by atoms with Gasteiger partial charge in [-0.25, -0.2) is 0 Å². The van der Waals surface area contributed by atoms with Crippen molar-refractivity contribution in [3.8, 4) is 0 Å². The van der Waals surface area contributed by atoms with Gasteiger partial charge < -0.3 is 10.2 Å². The predicted molar refractivity (Wildman–Crippen MR) is 79.1 cm³/mol. The van der Waals surface area contributed by atoms with E-state index in [9.17, 15) is 9.59 Å². The van der Waals surface area contributed by atoms with Crippen LogP contribution in [0.4, 0.5) is 0 Å². The molecule has 2 amide bonds. The van der Waals surface area contributed by atoms with Gasteiger partial charge in [0.25, 0.3) is 0 Å². The molecule has 4 nitrogen and oxygen atoms in total. The van der Waals surface area contributed by atoms with Crippen LogP contribution in [0.25, 0.3) is 0 Å². The summed E-state index contributed by atoms with van der Waals surface area (Å²) in [5.74, 6) is 0.764. The second kappa shape index (κ2) is 5.38. The highest BCUT2D eigenvalue weighted by molar-refractivity contribution is 5.99. The lowest BCUT2D eigenvalue weighted by Crippen LogP contribution is -2.72. The van der Waals surface area contributed by atoms with E-state index in [-0.39, 0.29) is 29.8 Å². The van der Waals surface area contributed by atoms with Crippen LogP contribution in [-0.2, 0) is 9.59 Å². The van der Waals surface area contributed by atoms with E-state index in [0.29, 0.717) is 12.3 Å². The fourth-order valence-electron chi connectivity index (χ4n) is 3.70. The van der Waals surface area contributed by atoms with E-state index < -0.39 is 5.54 Å². The predicted octanol–water partition coefficient (Wildman–Crippen LogP) is 2.33. The minimum atomic E-state index is -0.731. The Morgan fingerprint density at radius 1 is 1.35 bits per heavy atom. The first-order valence-electron chi connectivity index (χ1n) is 7.96. The molecule has 1 N–H and O–H groups in total. The van der Waals surface area contributed by atoms with Crippen LogP contribution in [-0.4, -0.2) is 34.3 Å². The monoisotopic (exact) mass is 280 g/mol. The van der Waals surface area contributed by atoms with Gasteiger partial charge in [0.1, 0.15) is 11.6 Å². The Balaban J connectivity index is 2.39. The standard InChI is InChI=1S/C16H28N2O2/c1-6-16(5)15(20)18(12-9-7-8-11(12)4)13(10(2)3)14(19)17-16/h10-13H,6-9H2,1-5H3,(H,17,19). The Hall–Kier alpha value is -1.06. The van der Waals surface area contributed by atoms with Crippen LogP contribution in [0.15, 0.2) is 0 Å². The first-order chi connectivity index (χ1) is 9.31. The number of carbonyl (C=O) groups excluding carboxylic acids is 2. The molecule has 1 aliphatic carbocycles. The number of carbonyl (C=O) groups is 2. The molecule has 4 heteroatoms. The summed E-state index contributed by atoms with van der Waals surface area (Å²) in [5.41, 5.74) is -0.731. The lowest BCUT2D eigenvalue weighted by Gasteiger charge is -2.49.